The van der Waals surface area contributed by atoms with E-state index in [0.717, 1.165) is 41.2 Å². The lowest BCUT2D eigenvalue weighted by atomic mass is 9.91. The molecule has 1 atom stereocenters. The first-order chi connectivity index (χ1) is 11.2. The largest absolute Gasteiger partial charge is 0.356 e. The molecule has 0 radical (unpaired) electrons. The molecule has 1 N–H and O–H groups in total. The predicted molar refractivity (Wildman–Crippen MR) is 93.2 cm³/mol. The van der Waals surface area contributed by atoms with Gasteiger partial charge >= 0.3 is 0 Å². The van der Waals surface area contributed by atoms with Gasteiger partial charge in [-0.2, -0.15) is 0 Å². The molecule has 0 fully saturated rings. The molecule has 1 amide bonds. The van der Waals surface area contributed by atoms with Crippen LogP contribution in [-0.4, -0.2) is 15.8 Å². The van der Waals surface area contributed by atoms with Gasteiger partial charge in [-0.05, 0) is 60.0 Å². The Labute approximate surface area is 142 Å². The maximum atomic E-state index is 12.7. The van der Waals surface area contributed by atoms with Crippen LogP contribution >= 0.6 is 22.9 Å². The quantitative estimate of drug-likeness (QED) is 0.669. The number of halogens is 1. The van der Waals surface area contributed by atoms with E-state index in [1.165, 1.54) is 22.2 Å². The van der Waals surface area contributed by atoms with Crippen LogP contribution in [0.15, 0.2) is 29.6 Å². The standard InChI is InChI=1S/C18H15ClN2OS/c19-11-4-5-14-13(8-11)12-2-1-3-15(16(12)20-14)21-9-10-6-7-23-17(10)18(21)22/h4-8,15,20H,1-3,9H2. The van der Waals surface area contributed by atoms with Crippen LogP contribution in [0.2, 0.25) is 5.02 Å². The number of nitrogens with zero attached hydrogens (tertiary/aromatic N) is 1. The van der Waals surface area contributed by atoms with Crippen LogP contribution in [0.4, 0.5) is 0 Å². The monoisotopic (exact) mass is 342 g/mol. The molecule has 0 spiro atoms. The number of aromatic amines is 1. The number of rotatable bonds is 1. The van der Waals surface area contributed by atoms with Crippen LogP contribution in [-0.2, 0) is 13.0 Å². The van der Waals surface area contributed by atoms with Crippen molar-refractivity contribution in [3.8, 4) is 0 Å². The Balaban J connectivity index is 1.61. The minimum Gasteiger partial charge on any atom is -0.356 e. The van der Waals surface area contributed by atoms with Crippen LogP contribution in [0.25, 0.3) is 10.9 Å². The summed E-state index contributed by atoms with van der Waals surface area (Å²) < 4.78 is 0. The van der Waals surface area contributed by atoms with E-state index >= 15 is 0 Å². The summed E-state index contributed by atoms with van der Waals surface area (Å²) in [6, 6.07) is 8.22. The Morgan fingerprint density at radius 1 is 1.30 bits per heavy atom. The molecule has 2 aromatic heterocycles. The molecule has 5 heteroatoms. The van der Waals surface area contributed by atoms with Gasteiger partial charge in [0.05, 0.1) is 10.9 Å². The average Bonchev–Trinajstić information content (AvgIpc) is 3.22. The third kappa shape index (κ3) is 1.91. The number of hydrogen-bond donors (Lipinski definition) is 1. The van der Waals surface area contributed by atoms with Crippen molar-refractivity contribution in [2.24, 2.45) is 0 Å². The van der Waals surface area contributed by atoms with E-state index in [0.29, 0.717) is 0 Å². The molecule has 5 rings (SSSR count). The van der Waals surface area contributed by atoms with E-state index in [9.17, 15) is 4.79 Å². The molecule has 1 aliphatic heterocycles. The highest BCUT2D eigenvalue weighted by Gasteiger charge is 2.37. The number of aryl methyl sites for hydroxylation is 1. The fourth-order valence-electron chi connectivity index (χ4n) is 4.01. The second-order valence-corrected chi connectivity index (χ2v) is 7.68. The fraction of sp³-hybridized carbons (Fsp3) is 0.278. The zero-order valence-corrected chi connectivity index (χ0v) is 14.0. The molecule has 23 heavy (non-hydrogen) atoms. The molecule has 1 aliphatic carbocycles. The summed E-state index contributed by atoms with van der Waals surface area (Å²) in [5.41, 5.74) is 4.83. The Morgan fingerprint density at radius 3 is 3.09 bits per heavy atom. The van der Waals surface area contributed by atoms with Crippen LogP contribution in [0.1, 0.15) is 45.4 Å². The van der Waals surface area contributed by atoms with Gasteiger partial charge in [0.1, 0.15) is 0 Å². The van der Waals surface area contributed by atoms with E-state index in [4.69, 9.17) is 11.6 Å². The molecule has 3 nitrogen and oxygen atoms in total. The van der Waals surface area contributed by atoms with Crippen molar-refractivity contribution in [2.75, 3.05) is 0 Å². The van der Waals surface area contributed by atoms with Crippen molar-refractivity contribution in [3.63, 3.8) is 0 Å². The van der Waals surface area contributed by atoms with Gasteiger partial charge in [-0.3, -0.25) is 4.79 Å². The van der Waals surface area contributed by atoms with Gasteiger partial charge in [0, 0.05) is 28.2 Å². The Kier molecular flexibility index (Phi) is 2.88. The molecule has 3 heterocycles. The second kappa shape index (κ2) is 4.86. The maximum absolute atomic E-state index is 12.7. The molecule has 1 aromatic carbocycles. The molecular weight excluding hydrogens is 328 g/mol. The molecule has 0 bridgehead atoms. The number of carbonyl (C=O) groups excluding carboxylic acids is 1. The van der Waals surface area contributed by atoms with Crippen LogP contribution in [0, 0.1) is 0 Å². The maximum Gasteiger partial charge on any atom is 0.265 e. The first kappa shape index (κ1) is 13.6. The number of benzene rings is 1. The third-order valence-electron chi connectivity index (χ3n) is 5.06. The van der Waals surface area contributed by atoms with Gasteiger partial charge in [0.25, 0.3) is 5.91 Å². The molecule has 1 unspecified atom stereocenters. The number of amides is 1. The van der Waals surface area contributed by atoms with E-state index in [-0.39, 0.29) is 11.9 Å². The first-order valence-corrected chi connectivity index (χ1v) is 9.15. The molecule has 0 saturated heterocycles. The molecular formula is C18H15ClN2OS. The minimum absolute atomic E-state index is 0.150. The SMILES string of the molecule is O=C1c2sccc2CN1C1CCCc2c1[nH]c1ccc(Cl)cc21. The summed E-state index contributed by atoms with van der Waals surface area (Å²) in [4.78, 5) is 19.2. The van der Waals surface area contributed by atoms with Gasteiger partial charge in [0.2, 0.25) is 0 Å². The van der Waals surface area contributed by atoms with E-state index in [1.54, 1.807) is 11.3 Å². The normalized spacial score (nSPS) is 20.1. The van der Waals surface area contributed by atoms with E-state index in [1.807, 2.05) is 28.5 Å². The number of H-pyrrole nitrogens is 1. The van der Waals surface area contributed by atoms with Crippen molar-refractivity contribution >= 4 is 39.7 Å². The lowest BCUT2D eigenvalue weighted by molar-refractivity contribution is 0.0682. The first-order valence-electron chi connectivity index (χ1n) is 7.90. The average molecular weight is 343 g/mol. The summed E-state index contributed by atoms with van der Waals surface area (Å²) in [5, 5.41) is 3.98. The van der Waals surface area contributed by atoms with Crippen molar-refractivity contribution in [3.05, 3.63) is 56.4 Å². The zero-order valence-electron chi connectivity index (χ0n) is 12.4. The van der Waals surface area contributed by atoms with Crippen molar-refractivity contribution in [2.45, 2.75) is 31.8 Å². The van der Waals surface area contributed by atoms with Gasteiger partial charge < -0.3 is 9.88 Å². The van der Waals surface area contributed by atoms with E-state index < -0.39 is 0 Å². The van der Waals surface area contributed by atoms with Gasteiger partial charge in [-0.15, -0.1) is 11.3 Å². The summed E-state index contributed by atoms with van der Waals surface area (Å²) in [5.74, 6) is 0.185. The Morgan fingerprint density at radius 2 is 2.22 bits per heavy atom. The summed E-state index contributed by atoms with van der Waals surface area (Å²) in [6.45, 7) is 0.734. The second-order valence-electron chi connectivity index (χ2n) is 6.32. The molecule has 0 saturated carbocycles. The van der Waals surface area contributed by atoms with Gasteiger partial charge in [-0.25, -0.2) is 0 Å². The summed E-state index contributed by atoms with van der Waals surface area (Å²) in [7, 11) is 0. The predicted octanol–water partition coefficient (Wildman–Crippen LogP) is 4.92. The number of aromatic nitrogens is 1. The number of thiophene rings is 1. The van der Waals surface area contributed by atoms with E-state index in [2.05, 4.69) is 11.1 Å². The smallest absolute Gasteiger partial charge is 0.265 e. The molecule has 2 aliphatic rings. The number of fused-ring (bicyclic) bond motifs is 4. The van der Waals surface area contributed by atoms with Crippen LogP contribution in [0.3, 0.4) is 0 Å². The van der Waals surface area contributed by atoms with Crippen molar-refractivity contribution < 1.29 is 4.79 Å². The highest BCUT2D eigenvalue weighted by Crippen LogP contribution is 2.42. The van der Waals surface area contributed by atoms with Crippen molar-refractivity contribution in [1.82, 2.24) is 9.88 Å². The van der Waals surface area contributed by atoms with Crippen LogP contribution in [0.5, 0.6) is 0 Å². The highest BCUT2D eigenvalue weighted by atomic mass is 35.5. The van der Waals surface area contributed by atoms with Gasteiger partial charge in [-0.1, -0.05) is 11.6 Å². The summed E-state index contributed by atoms with van der Waals surface area (Å²) >= 11 is 7.73. The number of carbonyl (C=O) groups is 1. The Bertz CT molecular complexity index is 942. The fourth-order valence-corrected chi connectivity index (χ4v) is 5.05. The lowest BCUT2D eigenvalue weighted by Crippen LogP contribution is -2.31. The Hall–Kier alpha value is -1.78. The number of nitrogens with one attached hydrogen (secondary N) is 1. The highest BCUT2D eigenvalue weighted by molar-refractivity contribution is 7.12. The third-order valence-corrected chi connectivity index (χ3v) is 6.24. The van der Waals surface area contributed by atoms with Crippen LogP contribution < -0.4 is 0 Å². The lowest BCUT2D eigenvalue weighted by Gasteiger charge is -2.31. The zero-order chi connectivity index (χ0) is 15.6. The summed E-state index contributed by atoms with van der Waals surface area (Å²) in [6.07, 6.45) is 3.18. The molecule has 116 valence electrons. The van der Waals surface area contributed by atoms with Crippen molar-refractivity contribution in [1.29, 1.82) is 0 Å². The van der Waals surface area contributed by atoms with Gasteiger partial charge in [0.15, 0.2) is 0 Å². The molecule has 3 aromatic rings. The number of hydrogen-bond acceptors (Lipinski definition) is 2. The topological polar surface area (TPSA) is 36.1 Å². The minimum atomic E-state index is 0.150.